The van der Waals surface area contributed by atoms with Crippen molar-refractivity contribution in [2.24, 2.45) is 0 Å². The maximum absolute atomic E-state index is 9.92. The minimum Gasteiger partial charge on any atom is -0.396 e. The van der Waals surface area contributed by atoms with Crippen molar-refractivity contribution in [2.45, 2.75) is 69.3 Å². The van der Waals surface area contributed by atoms with Gasteiger partial charge in [-0.2, -0.15) is 0 Å². The Bertz CT molecular complexity index is 258. The molecule has 6 nitrogen and oxygen atoms in total. The third-order valence-electron chi connectivity index (χ3n) is 4.03. The molecule has 7 heteroatoms. The summed E-state index contributed by atoms with van der Waals surface area (Å²) in [5.41, 5.74) is 0. The fourth-order valence-electron chi connectivity index (χ4n) is 2.67. The Hall–Kier alpha value is 0.0500. The second-order valence-corrected chi connectivity index (χ2v) is 5.79. The van der Waals surface area contributed by atoms with E-state index in [-0.39, 0.29) is 38.2 Å². The van der Waals surface area contributed by atoms with E-state index in [2.05, 4.69) is 5.32 Å². The molecule has 22 heavy (non-hydrogen) atoms. The largest absolute Gasteiger partial charge is 0.396 e. The minimum atomic E-state index is -0.943. The molecule has 1 aliphatic rings. The third-order valence-corrected chi connectivity index (χ3v) is 4.03. The first-order chi connectivity index (χ1) is 10.2. The van der Waals surface area contributed by atoms with E-state index in [1.807, 2.05) is 0 Å². The van der Waals surface area contributed by atoms with Crippen LogP contribution >= 0.6 is 12.4 Å². The first-order valence-corrected chi connectivity index (χ1v) is 8.13. The Balaban J connectivity index is 0.00000441. The van der Waals surface area contributed by atoms with Crippen molar-refractivity contribution in [3.63, 3.8) is 0 Å². The lowest BCUT2D eigenvalue weighted by Gasteiger charge is -2.38. The van der Waals surface area contributed by atoms with Crippen molar-refractivity contribution in [3.05, 3.63) is 0 Å². The van der Waals surface area contributed by atoms with Gasteiger partial charge in [0.1, 0.15) is 12.2 Å². The van der Waals surface area contributed by atoms with Crippen molar-refractivity contribution < 1.29 is 25.2 Å². The van der Waals surface area contributed by atoms with Crippen molar-refractivity contribution in [3.8, 4) is 0 Å². The average Bonchev–Trinajstić information content (AvgIpc) is 2.49. The maximum atomic E-state index is 9.92. The quantitative estimate of drug-likeness (QED) is 0.344. The van der Waals surface area contributed by atoms with Gasteiger partial charge in [-0.05, 0) is 12.8 Å². The van der Waals surface area contributed by atoms with E-state index < -0.39 is 18.3 Å². The molecule has 1 heterocycles. The van der Waals surface area contributed by atoms with Gasteiger partial charge in [0.25, 0.3) is 0 Å². The summed E-state index contributed by atoms with van der Waals surface area (Å²) in [7, 11) is 0. The fraction of sp³-hybridized carbons (Fsp3) is 1.00. The van der Waals surface area contributed by atoms with Crippen LogP contribution < -0.4 is 5.32 Å². The summed E-state index contributed by atoms with van der Waals surface area (Å²) in [5, 5.41) is 40.4. The first kappa shape index (κ1) is 22.1. The van der Waals surface area contributed by atoms with Crippen LogP contribution in [0.2, 0.25) is 0 Å². The van der Waals surface area contributed by atoms with E-state index >= 15 is 0 Å². The molecule has 1 rings (SSSR count). The van der Waals surface area contributed by atoms with Crippen LogP contribution in [0.5, 0.6) is 0 Å². The molecule has 0 aromatic heterocycles. The van der Waals surface area contributed by atoms with Crippen LogP contribution in [0.25, 0.3) is 0 Å². The molecule has 0 aromatic rings. The number of ether oxygens (including phenoxy) is 1. The average molecular weight is 342 g/mol. The maximum Gasteiger partial charge on any atom is 0.109 e. The summed E-state index contributed by atoms with van der Waals surface area (Å²) >= 11 is 0. The molecule has 1 saturated heterocycles. The highest BCUT2D eigenvalue weighted by Crippen LogP contribution is 2.15. The topological polar surface area (TPSA) is 102 Å². The molecule has 0 radical (unpaired) electrons. The minimum absolute atomic E-state index is 0. The lowest BCUT2D eigenvalue weighted by atomic mass is 9.96. The molecule has 0 saturated carbocycles. The second-order valence-electron chi connectivity index (χ2n) is 5.79. The van der Waals surface area contributed by atoms with Gasteiger partial charge in [0.05, 0.1) is 18.8 Å². The van der Waals surface area contributed by atoms with Gasteiger partial charge < -0.3 is 30.5 Å². The van der Waals surface area contributed by atoms with E-state index in [9.17, 15) is 15.3 Å². The first-order valence-electron chi connectivity index (χ1n) is 8.13. The van der Waals surface area contributed by atoms with Crippen LogP contribution in [-0.2, 0) is 4.74 Å². The van der Waals surface area contributed by atoms with Gasteiger partial charge in [0.15, 0.2) is 0 Å². The Morgan fingerprint density at radius 3 is 2.09 bits per heavy atom. The van der Waals surface area contributed by atoms with Crippen molar-refractivity contribution in [1.29, 1.82) is 0 Å². The van der Waals surface area contributed by atoms with E-state index in [0.29, 0.717) is 6.61 Å². The van der Waals surface area contributed by atoms with Crippen LogP contribution in [0, 0.1) is 0 Å². The Morgan fingerprint density at radius 1 is 0.909 bits per heavy atom. The molecule has 0 amide bonds. The van der Waals surface area contributed by atoms with Gasteiger partial charge in [-0.1, -0.05) is 32.1 Å². The predicted octanol–water partition coefficient (Wildman–Crippen LogP) is 0.202. The number of β-amino-alcohol motifs (C(OH)–C–C–N with tert-alkyl or cyclic N) is 1. The van der Waals surface area contributed by atoms with Gasteiger partial charge in [0.2, 0.25) is 0 Å². The molecule has 1 fully saturated rings. The third kappa shape index (κ3) is 8.06. The molecule has 5 N–H and O–H groups in total. The zero-order chi connectivity index (χ0) is 15.5. The highest BCUT2D eigenvalue weighted by atomic mass is 35.5. The number of nitrogens with one attached hydrogen (secondary N) is 1. The molecule has 0 bridgehead atoms. The van der Waals surface area contributed by atoms with Crippen LogP contribution in [0.15, 0.2) is 0 Å². The summed E-state index contributed by atoms with van der Waals surface area (Å²) in [6.07, 6.45) is 5.10. The lowest BCUT2D eigenvalue weighted by Crippen LogP contribution is -2.61. The Labute approximate surface area is 139 Å². The lowest BCUT2D eigenvalue weighted by molar-refractivity contribution is -0.129. The predicted molar refractivity (Wildman–Crippen MR) is 87.3 cm³/mol. The smallest absolute Gasteiger partial charge is 0.109 e. The molecule has 134 valence electrons. The molecule has 0 aliphatic carbocycles. The molecule has 1 aliphatic heterocycles. The molecular weight excluding hydrogens is 310 g/mol. The summed E-state index contributed by atoms with van der Waals surface area (Å²) in [6, 6.07) is -0.318. The van der Waals surface area contributed by atoms with Gasteiger partial charge in [0, 0.05) is 19.8 Å². The van der Waals surface area contributed by atoms with Gasteiger partial charge in [-0.25, -0.2) is 0 Å². The van der Waals surface area contributed by atoms with E-state index in [0.717, 1.165) is 38.5 Å². The second kappa shape index (κ2) is 13.5. The Kier molecular flexibility index (Phi) is 13.5. The number of hydrogen-bond donors (Lipinski definition) is 5. The van der Waals surface area contributed by atoms with Crippen molar-refractivity contribution >= 4 is 12.4 Å². The molecule has 0 aromatic carbocycles. The number of halogens is 1. The zero-order valence-corrected chi connectivity index (χ0v) is 14.0. The molecule has 0 unspecified atom stereocenters. The fourth-order valence-corrected chi connectivity index (χ4v) is 2.67. The number of aliphatic hydroxyl groups excluding tert-OH is 4. The summed E-state index contributed by atoms with van der Waals surface area (Å²) < 4.78 is 5.65. The standard InChI is InChI=1S/C15H31NO5.ClH/c17-8-6-4-2-1-3-5-7-9-21-15-12(11-18)16-10-13(19)14(15)20;/h12-20H,1-11H2;1H/t12-,13+,14-,15-;/m1./s1. The van der Waals surface area contributed by atoms with Crippen LogP contribution in [0.3, 0.4) is 0 Å². The van der Waals surface area contributed by atoms with Gasteiger partial charge >= 0.3 is 0 Å². The molecule has 4 atom stereocenters. The zero-order valence-electron chi connectivity index (χ0n) is 13.2. The molecule has 0 spiro atoms. The number of rotatable bonds is 11. The van der Waals surface area contributed by atoms with Gasteiger partial charge in [-0.3, -0.25) is 0 Å². The van der Waals surface area contributed by atoms with Crippen LogP contribution in [0.1, 0.15) is 44.9 Å². The highest BCUT2D eigenvalue weighted by Gasteiger charge is 2.37. The van der Waals surface area contributed by atoms with Crippen LogP contribution in [0.4, 0.5) is 0 Å². The van der Waals surface area contributed by atoms with Crippen LogP contribution in [-0.4, -0.2) is 71.1 Å². The Morgan fingerprint density at radius 2 is 1.50 bits per heavy atom. The van der Waals surface area contributed by atoms with Crippen molar-refractivity contribution in [2.75, 3.05) is 26.4 Å². The number of hydrogen-bond acceptors (Lipinski definition) is 6. The van der Waals surface area contributed by atoms with E-state index in [1.54, 1.807) is 0 Å². The SMILES string of the molecule is Cl.OCCCCCCCCCO[C@H]1[C@H](O)[C@@H](O)CN[C@@H]1CO. The van der Waals surface area contributed by atoms with E-state index in [4.69, 9.17) is 9.84 Å². The monoisotopic (exact) mass is 341 g/mol. The van der Waals surface area contributed by atoms with Gasteiger partial charge in [-0.15, -0.1) is 12.4 Å². The number of aliphatic hydroxyl groups is 4. The van der Waals surface area contributed by atoms with Crippen molar-refractivity contribution in [1.82, 2.24) is 5.32 Å². The highest BCUT2D eigenvalue weighted by molar-refractivity contribution is 5.85. The normalized spacial score (nSPS) is 28.4. The number of piperidine rings is 1. The number of unbranched alkanes of at least 4 members (excludes halogenated alkanes) is 6. The molecular formula is C15H32ClNO5. The van der Waals surface area contributed by atoms with E-state index in [1.165, 1.54) is 6.42 Å². The summed E-state index contributed by atoms with van der Waals surface area (Å²) in [5.74, 6) is 0. The summed E-state index contributed by atoms with van der Waals surface area (Å²) in [4.78, 5) is 0. The summed E-state index contributed by atoms with van der Waals surface area (Å²) in [6.45, 7) is 0.978.